The van der Waals surface area contributed by atoms with Crippen LogP contribution in [0.4, 0.5) is 0 Å². The number of carbonyl (C=O) groups excluding carboxylic acids is 2. The molecule has 1 aromatic carbocycles. The minimum atomic E-state index is -0.541. The maximum absolute atomic E-state index is 12.6. The van der Waals surface area contributed by atoms with E-state index >= 15 is 0 Å². The molecule has 1 aliphatic heterocycles. The van der Waals surface area contributed by atoms with Crippen LogP contribution in [0, 0.1) is 5.41 Å². The van der Waals surface area contributed by atoms with E-state index in [2.05, 4.69) is 15.6 Å². The minimum Gasteiger partial charge on any atom is -0.381 e. The van der Waals surface area contributed by atoms with Gasteiger partial charge in [-0.25, -0.2) is 4.98 Å². The molecule has 3 rings (SSSR count). The molecule has 0 bridgehead atoms. The first-order valence-electron chi connectivity index (χ1n) is 8.96. The number of amides is 2. The Balaban J connectivity index is 1.49. The Kier molecular flexibility index (Phi) is 6.54. The lowest BCUT2D eigenvalue weighted by molar-refractivity contribution is -0.136. The van der Waals surface area contributed by atoms with Crippen molar-refractivity contribution < 1.29 is 14.3 Å². The highest BCUT2D eigenvalue weighted by atomic mass is 32.1. The van der Waals surface area contributed by atoms with Gasteiger partial charge in [0, 0.05) is 30.7 Å². The number of carbonyl (C=O) groups is 2. The lowest BCUT2D eigenvalue weighted by Gasteiger charge is -2.34. The van der Waals surface area contributed by atoms with E-state index in [1.165, 1.54) is 11.3 Å². The zero-order chi connectivity index (χ0) is 19.1. The van der Waals surface area contributed by atoms with E-state index in [1.54, 1.807) is 12.1 Å². The van der Waals surface area contributed by atoms with Crippen LogP contribution in [-0.2, 0) is 22.6 Å². The molecule has 8 heteroatoms. The van der Waals surface area contributed by atoms with Crippen molar-refractivity contribution in [3.63, 3.8) is 0 Å². The highest BCUT2D eigenvalue weighted by Gasteiger charge is 2.38. The van der Waals surface area contributed by atoms with Gasteiger partial charge in [-0.1, -0.05) is 18.2 Å². The largest absolute Gasteiger partial charge is 0.381 e. The van der Waals surface area contributed by atoms with E-state index in [0.717, 1.165) is 10.7 Å². The summed E-state index contributed by atoms with van der Waals surface area (Å²) >= 11 is 1.46. The maximum Gasteiger partial charge on any atom is 0.251 e. The van der Waals surface area contributed by atoms with Crippen molar-refractivity contribution in [2.24, 2.45) is 11.1 Å². The van der Waals surface area contributed by atoms with Crippen molar-refractivity contribution in [3.8, 4) is 0 Å². The zero-order valence-electron chi connectivity index (χ0n) is 15.1. The summed E-state index contributed by atoms with van der Waals surface area (Å²) < 4.78 is 5.34. The number of thiazole rings is 1. The predicted octanol–water partition coefficient (Wildman–Crippen LogP) is 1.44. The first-order chi connectivity index (χ1) is 13.1. The van der Waals surface area contributed by atoms with Crippen molar-refractivity contribution >= 4 is 23.2 Å². The molecule has 1 saturated heterocycles. The molecular formula is C19H24N4O3S. The number of aromatic nitrogens is 1. The summed E-state index contributed by atoms with van der Waals surface area (Å²) in [6.07, 6.45) is 1.28. The SMILES string of the molecule is NCC1(C(=O)NCc2csc(CNC(=O)c3ccccc3)n2)CCOCC1. The van der Waals surface area contributed by atoms with Crippen molar-refractivity contribution in [3.05, 3.63) is 52.0 Å². The molecule has 144 valence electrons. The summed E-state index contributed by atoms with van der Waals surface area (Å²) in [6, 6.07) is 9.05. The normalized spacial score (nSPS) is 15.9. The maximum atomic E-state index is 12.6. The van der Waals surface area contributed by atoms with Gasteiger partial charge in [0.25, 0.3) is 5.91 Å². The summed E-state index contributed by atoms with van der Waals surface area (Å²) in [4.78, 5) is 29.1. The Morgan fingerprint density at radius 1 is 1.15 bits per heavy atom. The van der Waals surface area contributed by atoms with Crippen LogP contribution in [0.3, 0.4) is 0 Å². The van der Waals surface area contributed by atoms with Gasteiger partial charge in [-0.15, -0.1) is 11.3 Å². The predicted molar refractivity (Wildman–Crippen MR) is 103 cm³/mol. The lowest BCUT2D eigenvalue weighted by Crippen LogP contribution is -2.49. The number of rotatable bonds is 7. The van der Waals surface area contributed by atoms with Gasteiger partial charge in [-0.2, -0.15) is 0 Å². The second-order valence-electron chi connectivity index (χ2n) is 6.56. The van der Waals surface area contributed by atoms with E-state index in [1.807, 2.05) is 23.6 Å². The molecule has 0 aliphatic carbocycles. The van der Waals surface area contributed by atoms with Crippen LogP contribution < -0.4 is 16.4 Å². The fraction of sp³-hybridized carbons (Fsp3) is 0.421. The molecule has 1 fully saturated rings. The van der Waals surface area contributed by atoms with Crippen LogP contribution in [0.5, 0.6) is 0 Å². The number of hydrogen-bond acceptors (Lipinski definition) is 6. The first kappa shape index (κ1) is 19.5. The van der Waals surface area contributed by atoms with E-state index in [9.17, 15) is 9.59 Å². The van der Waals surface area contributed by atoms with Gasteiger partial charge in [0.2, 0.25) is 5.91 Å². The fourth-order valence-corrected chi connectivity index (χ4v) is 3.74. The van der Waals surface area contributed by atoms with Crippen LogP contribution in [0.15, 0.2) is 35.7 Å². The third-order valence-corrected chi connectivity index (χ3v) is 5.69. The molecule has 0 saturated carbocycles. The average molecular weight is 388 g/mol. The second-order valence-corrected chi connectivity index (χ2v) is 7.50. The molecule has 2 aromatic rings. The van der Waals surface area contributed by atoms with Gasteiger partial charge < -0.3 is 21.1 Å². The Labute approximate surface area is 162 Å². The van der Waals surface area contributed by atoms with Gasteiger partial charge in [0.05, 0.1) is 24.2 Å². The van der Waals surface area contributed by atoms with Crippen LogP contribution in [0.25, 0.3) is 0 Å². The van der Waals surface area contributed by atoms with Gasteiger partial charge in [-0.05, 0) is 25.0 Å². The summed E-state index contributed by atoms with van der Waals surface area (Å²) in [5.74, 6) is -0.176. The summed E-state index contributed by atoms with van der Waals surface area (Å²) in [5, 5.41) is 8.49. The van der Waals surface area contributed by atoms with Gasteiger partial charge >= 0.3 is 0 Å². The summed E-state index contributed by atoms with van der Waals surface area (Å²) in [6.45, 7) is 2.15. The topological polar surface area (TPSA) is 106 Å². The number of nitrogens with two attached hydrogens (primary N) is 1. The van der Waals surface area contributed by atoms with Crippen molar-refractivity contribution in [2.45, 2.75) is 25.9 Å². The van der Waals surface area contributed by atoms with E-state index in [-0.39, 0.29) is 11.8 Å². The number of nitrogens with zero attached hydrogens (tertiary/aromatic N) is 1. The number of benzene rings is 1. The van der Waals surface area contributed by atoms with Crippen LogP contribution in [0.2, 0.25) is 0 Å². The van der Waals surface area contributed by atoms with Crippen LogP contribution >= 0.6 is 11.3 Å². The zero-order valence-corrected chi connectivity index (χ0v) is 15.9. The standard InChI is InChI=1S/C19H24N4O3S/c20-13-19(6-8-26-9-7-19)18(25)22-10-15-12-27-16(23-15)11-21-17(24)14-4-2-1-3-5-14/h1-5,12H,6-11,13,20H2,(H,21,24)(H,22,25). The highest BCUT2D eigenvalue weighted by molar-refractivity contribution is 7.09. The molecule has 1 aromatic heterocycles. The molecule has 2 heterocycles. The second kappa shape index (κ2) is 9.07. The molecule has 2 amide bonds. The Hall–Kier alpha value is -2.29. The number of ether oxygens (including phenoxy) is 1. The first-order valence-corrected chi connectivity index (χ1v) is 9.83. The minimum absolute atomic E-state index is 0.0415. The summed E-state index contributed by atoms with van der Waals surface area (Å²) in [7, 11) is 0. The Morgan fingerprint density at radius 3 is 2.59 bits per heavy atom. The fourth-order valence-electron chi connectivity index (χ4n) is 3.00. The van der Waals surface area contributed by atoms with E-state index in [0.29, 0.717) is 51.3 Å². The summed E-state index contributed by atoms with van der Waals surface area (Å²) in [5.41, 5.74) is 6.71. The van der Waals surface area contributed by atoms with Crippen molar-refractivity contribution in [1.82, 2.24) is 15.6 Å². The van der Waals surface area contributed by atoms with E-state index < -0.39 is 5.41 Å². The van der Waals surface area contributed by atoms with E-state index in [4.69, 9.17) is 10.5 Å². The van der Waals surface area contributed by atoms with Gasteiger partial charge in [-0.3, -0.25) is 9.59 Å². The molecule has 0 unspecified atom stereocenters. The molecule has 0 atom stereocenters. The van der Waals surface area contributed by atoms with Crippen molar-refractivity contribution in [2.75, 3.05) is 19.8 Å². The smallest absolute Gasteiger partial charge is 0.251 e. The molecule has 27 heavy (non-hydrogen) atoms. The van der Waals surface area contributed by atoms with Crippen LogP contribution in [-0.4, -0.2) is 36.6 Å². The Bertz CT molecular complexity index is 772. The Morgan fingerprint density at radius 2 is 1.89 bits per heavy atom. The lowest BCUT2D eigenvalue weighted by atomic mass is 9.79. The third-order valence-electron chi connectivity index (χ3n) is 4.79. The quantitative estimate of drug-likeness (QED) is 0.666. The van der Waals surface area contributed by atoms with Gasteiger partial charge in [0.15, 0.2) is 0 Å². The third kappa shape index (κ3) is 4.91. The monoisotopic (exact) mass is 388 g/mol. The van der Waals surface area contributed by atoms with Crippen LogP contribution in [0.1, 0.15) is 33.9 Å². The molecular weight excluding hydrogens is 364 g/mol. The molecule has 0 radical (unpaired) electrons. The molecule has 7 nitrogen and oxygen atoms in total. The average Bonchev–Trinajstić information content (AvgIpc) is 3.19. The highest BCUT2D eigenvalue weighted by Crippen LogP contribution is 2.29. The van der Waals surface area contributed by atoms with Crippen molar-refractivity contribution in [1.29, 1.82) is 0 Å². The number of hydrogen-bond donors (Lipinski definition) is 3. The molecule has 1 aliphatic rings. The molecule has 4 N–H and O–H groups in total. The molecule has 0 spiro atoms. The number of nitrogens with one attached hydrogen (secondary N) is 2. The van der Waals surface area contributed by atoms with Gasteiger partial charge in [0.1, 0.15) is 5.01 Å².